The zero-order valence-corrected chi connectivity index (χ0v) is 38.1. The molecule has 69 heavy (non-hydrogen) atoms. The van der Waals surface area contributed by atoms with Crippen molar-refractivity contribution in [3.63, 3.8) is 0 Å². The number of nitrogens with one attached hydrogen (secondary N) is 4. The minimum absolute atomic E-state index is 0.0578. The maximum absolute atomic E-state index is 13.6. The van der Waals surface area contributed by atoms with Crippen LogP contribution in [0.1, 0.15) is 51.2 Å². The van der Waals surface area contributed by atoms with Crippen LogP contribution in [0.2, 0.25) is 0 Å². The number of amides is 6. The summed E-state index contributed by atoms with van der Waals surface area (Å²) >= 11 is 0. The Morgan fingerprint density at radius 2 is 1.51 bits per heavy atom. The topological polar surface area (TPSA) is 224 Å². The minimum Gasteiger partial charge on any atom is -0.382 e. The van der Waals surface area contributed by atoms with Gasteiger partial charge in [0.05, 0.1) is 52.9 Å². The molecule has 3 fully saturated rings. The van der Waals surface area contributed by atoms with E-state index in [1.54, 1.807) is 41.3 Å². The first-order valence-corrected chi connectivity index (χ1v) is 23.1. The SMILES string of the molecule is O=C1CCC(N2Cc3c(NCCOCCOCCOCCOCCN4CCN(C(=O)c5cc6cc(N7CC[C@](O)(C(=O)NCc8cc(F)cc(F)c8)C7=O)ccc6[nH]5)CC4)cccc3C2=O)C(=O)N1. The van der Waals surface area contributed by atoms with E-state index in [0.29, 0.717) is 139 Å². The Balaban J connectivity index is 0.647. The van der Waals surface area contributed by atoms with E-state index in [1.807, 2.05) is 6.07 Å². The van der Waals surface area contributed by atoms with Crippen molar-refractivity contribution in [1.82, 2.24) is 30.3 Å². The van der Waals surface area contributed by atoms with Crippen molar-refractivity contribution < 1.29 is 61.6 Å². The summed E-state index contributed by atoms with van der Waals surface area (Å²) in [5, 5.41) is 19.8. The van der Waals surface area contributed by atoms with Crippen LogP contribution in [-0.4, -0.2) is 171 Å². The molecule has 21 heteroatoms. The number of carbonyl (C=O) groups is 6. The first-order valence-electron chi connectivity index (χ1n) is 23.1. The van der Waals surface area contributed by atoms with Gasteiger partial charge in [-0.15, -0.1) is 0 Å². The number of piperazine rings is 1. The molecule has 6 amide bonds. The third kappa shape index (κ3) is 11.7. The average Bonchev–Trinajstić information content (AvgIpc) is 4.01. The molecule has 4 aliphatic heterocycles. The van der Waals surface area contributed by atoms with Crippen molar-refractivity contribution in [2.45, 2.75) is 44.0 Å². The minimum atomic E-state index is -2.35. The maximum atomic E-state index is 13.6. The normalized spacial score (nSPS) is 19.7. The van der Waals surface area contributed by atoms with Crippen molar-refractivity contribution in [2.24, 2.45) is 0 Å². The molecule has 0 aliphatic carbocycles. The lowest BCUT2D eigenvalue weighted by Gasteiger charge is -2.34. The van der Waals surface area contributed by atoms with Gasteiger partial charge in [0, 0.05) is 111 Å². The number of H-pyrrole nitrogens is 1. The van der Waals surface area contributed by atoms with Crippen molar-refractivity contribution in [3.8, 4) is 0 Å². The highest BCUT2D eigenvalue weighted by Gasteiger charge is 2.51. The molecule has 5 heterocycles. The predicted octanol–water partition coefficient (Wildman–Crippen LogP) is 1.93. The highest BCUT2D eigenvalue weighted by Crippen LogP contribution is 2.33. The van der Waals surface area contributed by atoms with Gasteiger partial charge in [-0.3, -0.25) is 39.0 Å². The van der Waals surface area contributed by atoms with Gasteiger partial charge in [-0.25, -0.2) is 8.78 Å². The second-order valence-electron chi connectivity index (χ2n) is 17.2. The molecular formula is C48H56F2N8O11. The van der Waals surface area contributed by atoms with E-state index < -0.39 is 41.0 Å². The molecule has 1 aromatic heterocycles. The number of aromatic nitrogens is 1. The number of rotatable bonds is 22. The molecule has 0 bridgehead atoms. The van der Waals surface area contributed by atoms with Crippen LogP contribution in [-0.2, 0) is 51.2 Å². The molecule has 368 valence electrons. The number of fused-ring (bicyclic) bond motifs is 2. The zero-order valence-electron chi connectivity index (χ0n) is 38.1. The summed E-state index contributed by atoms with van der Waals surface area (Å²) in [5.41, 5.74) is 1.49. The van der Waals surface area contributed by atoms with Crippen LogP contribution in [0.5, 0.6) is 0 Å². The molecule has 2 atom stereocenters. The monoisotopic (exact) mass is 958 g/mol. The van der Waals surface area contributed by atoms with Gasteiger partial charge in [-0.1, -0.05) is 6.07 Å². The number of aliphatic hydroxyl groups is 1. The molecule has 0 radical (unpaired) electrons. The van der Waals surface area contributed by atoms with E-state index in [-0.39, 0.29) is 49.2 Å². The summed E-state index contributed by atoms with van der Waals surface area (Å²) in [6.45, 7) is 7.21. The van der Waals surface area contributed by atoms with Gasteiger partial charge >= 0.3 is 0 Å². The van der Waals surface area contributed by atoms with E-state index in [4.69, 9.17) is 18.9 Å². The lowest BCUT2D eigenvalue weighted by Crippen LogP contribution is -2.52. The number of nitrogens with zero attached hydrogens (tertiary/aromatic N) is 4. The van der Waals surface area contributed by atoms with Gasteiger partial charge in [-0.2, -0.15) is 0 Å². The van der Waals surface area contributed by atoms with Crippen LogP contribution in [0.15, 0.2) is 60.7 Å². The van der Waals surface area contributed by atoms with Gasteiger partial charge in [0.15, 0.2) is 0 Å². The number of halogens is 2. The summed E-state index contributed by atoms with van der Waals surface area (Å²) < 4.78 is 49.8. The molecule has 8 rings (SSSR count). The molecule has 3 saturated heterocycles. The van der Waals surface area contributed by atoms with Crippen molar-refractivity contribution >= 4 is 57.7 Å². The van der Waals surface area contributed by atoms with Gasteiger partial charge in [-0.05, 0) is 60.5 Å². The van der Waals surface area contributed by atoms with Gasteiger partial charge in [0.25, 0.3) is 23.6 Å². The fourth-order valence-electron chi connectivity index (χ4n) is 8.92. The summed E-state index contributed by atoms with van der Waals surface area (Å²) in [7, 11) is 0. The predicted molar refractivity (Wildman–Crippen MR) is 245 cm³/mol. The standard InChI is InChI=1S/C48H56F2N8O11/c49-33-24-31(25-34(50)28-33)29-52-46(63)48(65)8-10-57(47(48)64)35-4-5-38-32(26-35)27-40(53-38)45(62)56-13-11-55(12-14-56)15-17-67-19-21-69-23-22-68-20-18-66-16-9-51-39-3-1-2-36-37(39)30-58(44(36)61)41-6-7-42(59)54-43(41)60/h1-5,24-28,41,51,53,65H,6-23,29-30H2,(H,52,63)(H,54,59,60)/t41?,48-/m0/s1. The molecule has 19 nitrogen and oxygen atoms in total. The van der Waals surface area contributed by atoms with Crippen molar-refractivity contribution in [2.75, 3.05) is 109 Å². The Morgan fingerprint density at radius 1 is 0.812 bits per heavy atom. The number of piperidine rings is 1. The Morgan fingerprint density at radius 3 is 2.22 bits per heavy atom. The molecule has 0 saturated carbocycles. The second-order valence-corrected chi connectivity index (χ2v) is 17.2. The highest BCUT2D eigenvalue weighted by molar-refractivity contribution is 6.16. The fourth-order valence-corrected chi connectivity index (χ4v) is 8.92. The van der Waals surface area contributed by atoms with Crippen LogP contribution >= 0.6 is 0 Å². The van der Waals surface area contributed by atoms with Crippen LogP contribution in [0.25, 0.3) is 10.9 Å². The van der Waals surface area contributed by atoms with Crippen molar-refractivity contribution in [3.05, 3.63) is 94.7 Å². The summed E-state index contributed by atoms with van der Waals surface area (Å²) in [5.74, 6) is -4.53. The van der Waals surface area contributed by atoms with E-state index in [0.717, 1.165) is 23.4 Å². The Kier molecular flexibility index (Phi) is 15.9. The lowest BCUT2D eigenvalue weighted by atomic mass is 10.0. The molecule has 0 spiro atoms. The molecule has 4 aromatic rings. The number of aromatic amines is 1. The van der Waals surface area contributed by atoms with Gasteiger partial charge in [0.1, 0.15) is 23.4 Å². The van der Waals surface area contributed by atoms with Crippen LogP contribution < -0.4 is 20.9 Å². The van der Waals surface area contributed by atoms with E-state index in [9.17, 15) is 42.7 Å². The largest absolute Gasteiger partial charge is 0.382 e. The number of carbonyl (C=O) groups excluding carboxylic acids is 6. The van der Waals surface area contributed by atoms with Crippen molar-refractivity contribution in [1.29, 1.82) is 0 Å². The number of hydrogen-bond acceptors (Lipinski definition) is 13. The molecule has 5 N–H and O–H groups in total. The molecule has 4 aliphatic rings. The van der Waals surface area contributed by atoms with Gasteiger partial charge in [0.2, 0.25) is 17.4 Å². The van der Waals surface area contributed by atoms with E-state index in [1.165, 1.54) is 9.80 Å². The highest BCUT2D eigenvalue weighted by atomic mass is 19.1. The number of hydrogen-bond donors (Lipinski definition) is 5. The lowest BCUT2D eigenvalue weighted by molar-refractivity contribution is -0.149. The quantitative estimate of drug-likeness (QED) is 0.0432. The van der Waals surface area contributed by atoms with E-state index in [2.05, 4.69) is 25.8 Å². The number of benzene rings is 3. The maximum Gasteiger partial charge on any atom is 0.270 e. The molecule has 1 unspecified atom stereocenters. The Hall–Kier alpha value is -6.36. The number of imide groups is 1. The smallest absolute Gasteiger partial charge is 0.270 e. The van der Waals surface area contributed by atoms with E-state index >= 15 is 0 Å². The first kappa shape index (κ1) is 49.1. The van der Waals surface area contributed by atoms with Crippen LogP contribution in [0.3, 0.4) is 0 Å². The van der Waals surface area contributed by atoms with Gasteiger partial charge < -0.3 is 54.4 Å². The number of anilines is 2. The Labute approximate surface area is 396 Å². The summed E-state index contributed by atoms with van der Waals surface area (Å²) in [6, 6.07) is 14.4. The average molecular weight is 959 g/mol. The summed E-state index contributed by atoms with van der Waals surface area (Å²) in [6.07, 6.45) is 0.338. The third-order valence-electron chi connectivity index (χ3n) is 12.7. The third-order valence-corrected chi connectivity index (χ3v) is 12.7. The fraction of sp³-hybridized carbons (Fsp3) is 0.458. The number of ether oxygens (including phenoxy) is 4. The van der Waals surface area contributed by atoms with Crippen LogP contribution in [0.4, 0.5) is 20.2 Å². The van der Waals surface area contributed by atoms with Crippen LogP contribution in [0, 0.1) is 11.6 Å². The zero-order chi connectivity index (χ0) is 48.5. The molecular weight excluding hydrogens is 903 g/mol. The second kappa shape index (κ2) is 22.4. The summed E-state index contributed by atoms with van der Waals surface area (Å²) in [4.78, 5) is 86.7. The molecule has 3 aromatic carbocycles. The Bertz CT molecular complexity index is 2530. The first-order chi connectivity index (χ1) is 33.4.